The Morgan fingerprint density at radius 1 is 0.875 bits per heavy atom. The van der Waals surface area contributed by atoms with Crippen LogP contribution in [0.5, 0.6) is 0 Å². The highest BCUT2D eigenvalue weighted by atomic mass is 16.6. The quantitative estimate of drug-likeness (QED) is 0.367. The van der Waals surface area contributed by atoms with Crippen LogP contribution < -0.4 is 0 Å². The predicted molar refractivity (Wildman–Crippen MR) is 59.6 cm³/mol. The summed E-state index contributed by atoms with van der Waals surface area (Å²) < 4.78 is 20.7. The SMILES string of the molecule is CC(C)OCCOCCOCCOCC=O. The summed E-state index contributed by atoms with van der Waals surface area (Å²) in [7, 11) is 0. The van der Waals surface area contributed by atoms with Gasteiger partial charge in [0.15, 0.2) is 0 Å². The Balaban J connectivity index is 2.90. The average molecular weight is 234 g/mol. The maximum Gasteiger partial charge on any atom is 0.145 e. The lowest BCUT2D eigenvalue weighted by molar-refractivity contribution is -0.112. The van der Waals surface area contributed by atoms with Crippen molar-refractivity contribution >= 4 is 6.29 Å². The smallest absolute Gasteiger partial charge is 0.145 e. The van der Waals surface area contributed by atoms with Crippen molar-refractivity contribution in [3.05, 3.63) is 0 Å². The number of carbonyl (C=O) groups excluding carboxylic acids is 1. The molecule has 0 heterocycles. The minimum absolute atomic E-state index is 0.131. The van der Waals surface area contributed by atoms with Crippen LogP contribution in [0.1, 0.15) is 13.8 Å². The minimum atomic E-state index is 0.131. The highest BCUT2D eigenvalue weighted by Gasteiger charge is 1.93. The van der Waals surface area contributed by atoms with Gasteiger partial charge in [-0.05, 0) is 13.8 Å². The zero-order valence-electron chi connectivity index (χ0n) is 10.1. The van der Waals surface area contributed by atoms with Crippen molar-refractivity contribution in [3.63, 3.8) is 0 Å². The first-order valence-electron chi connectivity index (χ1n) is 5.56. The summed E-state index contributed by atoms with van der Waals surface area (Å²) in [6.45, 7) is 7.32. The summed E-state index contributed by atoms with van der Waals surface area (Å²) in [5.74, 6) is 0. The molecule has 0 N–H and O–H groups in total. The molecule has 0 saturated carbocycles. The molecule has 0 spiro atoms. The van der Waals surface area contributed by atoms with Crippen LogP contribution in [-0.2, 0) is 23.7 Å². The van der Waals surface area contributed by atoms with Crippen LogP contribution >= 0.6 is 0 Å². The van der Waals surface area contributed by atoms with Gasteiger partial charge in [0, 0.05) is 0 Å². The molecule has 0 bridgehead atoms. The summed E-state index contributed by atoms with van der Waals surface area (Å²) in [6, 6.07) is 0. The summed E-state index contributed by atoms with van der Waals surface area (Å²) in [6.07, 6.45) is 0.965. The van der Waals surface area contributed by atoms with Crippen LogP contribution in [0.4, 0.5) is 0 Å². The molecular weight excluding hydrogens is 212 g/mol. The van der Waals surface area contributed by atoms with E-state index >= 15 is 0 Å². The molecule has 5 heteroatoms. The maximum absolute atomic E-state index is 9.89. The molecule has 0 aliphatic rings. The lowest BCUT2D eigenvalue weighted by atomic mass is 10.5. The van der Waals surface area contributed by atoms with Crippen molar-refractivity contribution in [2.24, 2.45) is 0 Å². The van der Waals surface area contributed by atoms with Crippen LogP contribution in [0.2, 0.25) is 0 Å². The second kappa shape index (κ2) is 12.6. The Morgan fingerprint density at radius 2 is 1.38 bits per heavy atom. The first-order chi connectivity index (χ1) is 7.77. The molecule has 0 amide bonds. The van der Waals surface area contributed by atoms with E-state index in [1.807, 2.05) is 13.8 Å². The standard InChI is InChI=1S/C11H22O5/c1-11(2)16-10-9-15-8-7-14-6-5-13-4-3-12/h3,11H,4-10H2,1-2H3. The Kier molecular flexibility index (Phi) is 12.2. The molecule has 0 aliphatic carbocycles. The molecule has 0 aromatic rings. The molecule has 0 aliphatic heterocycles. The number of carbonyl (C=O) groups is 1. The van der Waals surface area contributed by atoms with Crippen LogP contribution in [-0.4, -0.2) is 58.6 Å². The first kappa shape index (κ1) is 15.5. The first-order valence-corrected chi connectivity index (χ1v) is 5.56. The normalized spacial score (nSPS) is 10.9. The van der Waals surface area contributed by atoms with E-state index in [0.717, 1.165) is 6.29 Å². The lowest BCUT2D eigenvalue weighted by Gasteiger charge is -2.08. The van der Waals surface area contributed by atoms with Gasteiger partial charge >= 0.3 is 0 Å². The van der Waals surface area contributed by atoms with Crippen molar-refractivity contribution in [2.45, 2.75) is 20.0 Å². The topological polar surface area (TPSA) is 54.0 Å². The molecule has 0 atom stereocenters. The molecule has 16 heavy (non-hydrogen) atoms. The van der Waals surface area contributed by atoms with Gasteiger partial charge in [-0.25, -0.2) is 0 Å². The van der Waals surface area contributed by atoms with E-state index in [4.69, 9.17) is 18.9 Å². The third-order valence-corrected chi connectivity index (χ3v) is 1.61. The number of aldehydes is 1. The van der Waals surface area contributed by atoms with Crippen molar-refractivity contribution in [1.82, 2.24) is 0 Å². The Labute approximate surface area is 97.0 Å². The largest absolute Gasteiger partial charge is 0.377 e. The fraction of sp³-hybridized carbons (Fsp3) is 0.909. The van der Waals surface area contributed by atoms with Gasteiger partial charge < -0.3 is 23.7 Å². The van der Waals surface area contributed by atoms with Gasteiger partial charge in [0.2, 0.25) is 0 Å². The highest BCUT2D eigenvalue weighted by Crippen LogP contribution is 1.87. The van der Waals surface area contributed by atoms with Crippen molar-refractivity contribution in [2.75, 3.05) is 46.2 Å². The van der Waals surface area contributed by atoms with Gasteiger partial charge in [-0.15, -0.1) is 0 Å². The number of hydrogen-bond donors (Lipinski definition) is 0. The van der Waals surface area contributed by atoms with Crippen molar-refractivity contribution in [1.29, 1.82) is 0 Å². The van der Waals surface area contributed by atoms with Gasteiger partial charge in [0.1, 0.15) is 12.9 Å². The molecule has 0 radical (unpaired) electrons. The molecule has 0 fully saturated rings. The predicted octanol–water partition coefficient (Wildman–Crippen LogP) is 0.660. The fourth-order valence-corrected chi connectivity index (χ4v) is 0.914. The molecule has 0 aromatic carbocycles. The molecule has 96 valence electrons. The summed E-state index contributed by atoms with van der Waals surface area (Å²) in [5, 5.41) is 0. The second-order valence-electron chi connectivity index (χ2n) is 3.39. The van der Waals surface area contributed by atoms with Gasteiger partial charge in [0.25, 0.3) is 0 Å². The molecular formula is C11H22O5. The fourth-order valence-electron chi connectivity index (χ4n) is 0.914. The molecule has 0 saturated heterocycles. The van der Waals surface area contributed by atoms with Crippen LogP contribution in [0.15, 0.2) is 0 Å². The maximum atomic E-state index is 9.89. The van der Waals surface area contributed by atoms with E-state index < -0.39 is 0 Å². The Bertz CT molecular complexity index is 149. The highest BCUT2D eigenvalue weighted by molar-refractivity contribution is 5.50. The van der Waals surface area contributed by atoms with Crippen LogP contribution in [0.3, 0.4) is 0 Å². The second-order valence-corrected chi connectivity index (χ2v) is 3.39. The van der Waals surface area contributed by atoms with E-state index in [1.54, 1.807) is 0 Å². The molecule has 0 rings (SSSR count). The summed E-state index contributed by atoms with van der Waals surface area (Å²) >= 11 is 0. The van der Waals surface area contributed by atoms with Gasteiger partial charge in [-0.1, -0.05) is 0 Å². The third-order valence-electron chi connectivity index (χ3n) is 1.61. The van der Waals surface area contributed by atoms with Gasteiger partial charge in [0.05, 0.1) is 45.7 Å². The van der Waals surface area contributed by atoms with Crippen molar-refractivity contribution < 1.29 is 23.7 Å². The van der Waals surface area contributed by atoms with E-state index in [2.05, 4.69) is 0 Å². The van der Waals surface area contributed by atoms with Crippen molar-refractivity contribution in [3.8, 4) is 0 Å². The minimum Gasteiger partial charge on any atom is -0.377 e. The van der Waals surface area contributed by atoms with Gasteiger partial charge in [-0.2, -0.15) is 0 Å². The average Bonchev–Trinajstić information content (AvgIpc) is 2.25. The zero-order valence-corrected chi connectivity index (χ0v) is 10.1. The summed E-state index contributed by atoms with van der Waals surface area (Å²) in [5.41, 5.74) is 0. The third kappa shape index (κ3) is 13.5. The van der Waals surface area contributed by atoms with Crippen LogP contribution in [0, 0.1) is 0 Å². The molecule has 5 nitrogen and oxygen atoms in total. The van der Waals surface area contributed by atoms with E-state index in [9.17, 15) is 4.79 Å². The molecule has 0 aromatic heterocycles. The lowest BCUT2D eigenvalue weighted by Crippen LogP contribution is -2.13. The van der Waals surface area contributed by atoms with E-state index in [1.165, 1.54) is 0 Å². The number of rotatable bonds is 12. The van der Waals surface area contributed by atoms with E-state index in [0.29, 0.717) is 39.6 Å². The zero-order chi connectivity index (χ0) is 12.1. The van der Waals surface area contributed by atoms with Crippen LogP contribution in [0.25, 0.3) is 0 Å². The Hall–Kier alpha value is -0.490. The molecule has 0 unspecified atom stereocenters. The number of hydrogen-bond acceptors (Lipinski definition) is 5. The van der Waals surface area contributed by atoms with Gasteiger partial charge in [-0.3, -0.25) is 0 Å². The number of ether oxygens (including phenoxy) is 4. The summed E-state index contributed by atoms with van der Waals surface area (Å²) in [4.78, 5) is 9.89. The monoisotopic (exact) mass is 234 g/mol. The Morgan fingerprint density at radius 3 is 1.88 bits per heavy atom. The van der Waals surface area contributed by atoms with E-state index in [-0.39, 0.29) is 12.7 Å².